The monoisotopic (exact) mass is 320 g/mol. The lowest BCUT2D eigenvalue weighted by Crippen LogP contribution is -2.61. The molecule has 1 heterocycles. The van der Waals surface area contributed by atoms with E-state index in [1.807, 2.05) is 25.7 Å². The molecule has 0 aromatic heterocycles. The van der Waals surface area contributed by atoms with Crippen LogP contribution in [-0.2, 0) is 6.18 Å². The molecule has 1 fully saturated rings. The molecule has 1 aliphatic heterocycles. The van der Waals surface area contributed by atoms with Crippen molar-refractivity contribution in [1.82, 2.24) is 5.32 Å². The van der Waals surface area contributed by atoms with Crippen LogP contribution in [0.4, 0.5) is 18.9 Å². The van der Waals surface area contributed by atoms with Gasteiger partial charge in [0.05, 0.1) is 10.6 Å². The molecule has 1 saturated heterocycles. The predicted octanol–water partition coefficient (Wildman–Crippen LogP) is 4.33. The number of nitrogens with zero attached hydrogens (tertiary/aromatic N) is 1. The van der Waals surface area contributed by atoms with E-state index < -0.39 is 11.7 Å². The van der Waals surface area contributed by atoms with Crippen molar-refractivity contribution in [3.8, 4) is 0 Å². The van der Waals surface area contributed by atoms with Gasteiger partial charge in [0.25, 0.3) is 0 Å². The summed E-state index contributed by atoms with van der Waals surface area (Å²) in [5.41, 5.74) is -0.329. The average Bonchev–Trinajstić information content (AvgIpc) is 2.37. The van der Waals surface area contributed by atoms with Crippen molar-refractivity contribution in [2.75, 3.05) is 18.0 Å². The van der Waals surface area contributed by atoms with Crippen molar-refractivity contribution in [3.63, 3.8) is 0 Å². The number of rotatable bonds is 2. The minimum atomic E-state index is -4.43. The molecule has 0 aliphatic carbocycles. The van der Waals surface area contributed by atoms with Gasteiger partial charge in [-0.2, -0.15) is 13.2 Å². The summed E-state index contributed by atoms with van der Waals surface area (Å²) in [4.78, 5) is 2.04. The maximum absolute atomic E-state index is 13.0. The Kier molecular flexibility index (Phi) is 4.45. The standard InChI is InChI=1S/C15H20ClF3N2/c1-4-10-8-20-14(2,3)9-21(10)11-5-6-13(16)12(7-11)15(17,18)19/h5-7,10,20H,4,8-9H2,1-3H3. The van der Waals surface area contributed by atoms with Gasteiger partial charge in [0.2, 0.25) is 0 Å². The summed E-state index contributed by atoms with van der Waals surface area (Å²) in [5.74, 6) is 0. The number of hydrogen-bond donors (Lipinski definition) is 1. The van der Waals surface area contributed by atoms with E-state index >= 15 is 0 Å². The lowest BCUT2D eigenvalue weighted by molar-refractivity contribution is -0.137. The Labute approximate surface area is 128 Å². The SMILES string of the molecule is CCC1CNC(C)(C)CN1c1ccc(Cl)c(C(F)(F)F)c1. The van der Waals surface area contributed by atoms with Crippen LogP contribution in [0, 0.1) is 0 Å². The van der Waals surface area contributed by atoms with E-state index in [9.17, 15) is 13.2 Å². The van der Waals surface area contributed by atoms with Crippen molar-refractivity contribution >= 4 is 17.3 Å². The van der Waals surface area contributed by atoms with Gasteiger partial charge in [0, 0.05) is 30.4 Å². The second-order valence-corrected chi connectivity index (χ2v) is 6.52. The van der Waals surface area contributed by atoms with Crippen molar-refractivity contribution in [2.24, 2.45) is 0 Å². The first-order valence-corrected chi connectivity index (χ1v) is 7.40. The van der Waals surface area contributed by atoms with Crippen LogP contribution >= 0.6 is 11.6 Å². The summed E-state index contributed by atoms with van der Waals surface area (Å²) in [5, 5.41) is 3.17. The van der Waals surface area contributed by atoms with Crippen LogP contribution in [0.1, 0.15) is 32.8 Å². The Balaban J connectivity index is 2.39. The highest BCUT2D eigenvalue weighted by atomic mass is 35.5. The van der Waals surface area contributed by atoms with Gasteiger partial charge in [0.15, 0.2) is 0 Å². The first-order chi connectivity index (χ1) is 9.64. The highest BCUT2D eigenvalue weighted by Gasteiger charge is 2.36. The van der Waals surface area contributed by atoms with Crippen LogP contribution in [0.2, 0.25) is 5.02 Å². The van der Waals surface area contributed by atoms with E-state index in [4.69, 9.17) is 11.6 Å². The minimum absolute atomic E-state index is 0.135. The number of piperazine rings is 1. The number of benzene rings is 1. The number of anilines is 1. The lowest BCUT2D eigenvalue weighted by Gasteiger charge is -2.46. The Bertz CT molecular complexity index is 514. The van der Waals surface area contributed by atoms with Gasteiger partial charge in [-0.05, 0) is 38.5 Å². The molecule has 1 unspecified atom stereocenters. The molecule has 6 heteroatoms. The number of hydrogen-bond acceptors (Lipinski definition) is 2. The molecule has 2 nitrogen and oxygen atoms in total. The van der Waals surface area contributed by atoms with Crippen LogP contribution in [0.15, 0.2) is 18.2 Å². The molecule has 0 bridgehead atoms. The fourth-order valence-corrected chi connectivity index (χ4v) is 2.92. The zero-order chi connectivity index (χ0) is 15.8. The molecule has 2 rings (SSSR count). The summed E-state index contributed by atoms with van der Waals surface area (Å²) in [6.45, 7) is 7.55. The van der Waals surface area contributed by atoms with Gasteiger partial charge in [-0.15, -0.1) is 0 Å². The third-order valence-corrected chi connectivity index (χ3v) is 4.21. The lowest BCUT2D eigenvalue weighted by atomic mass is 9.96. The molecule has 0 amide bonds. The first-order valence-electron chi connectivity index (χ1n) is 7.02. The van der Waals surface area contributed by atoms with Crippen molar-refractivity contribution < 1.29 is 13.2 Å². The smallest absolute Gasteiger partial charge is 0.365 e. The van der Waals surface area contributed by atoms with Gasteiger partial charge in [-0.1, -0.05) is 18.5 Å². The highest BCUT2D eigenvalue weighted by Crippen LogP contribution is 2.38. The third-order valence-electron chi connectivity index (χ3n) is 3.88. The molecule has 0 spiro atoms. The predicted molar refractivity (Wildman–Crippen MR) is 80.0 cm³/mol. The molecule has 118 valence electrons. The molecule has 0 saturated carbocycles. The molecule has 1 N–H and O–H groups in total. The van der Waals surface area contributed by atoms with E-state index in [0.29, 0.717) is 12.2 Å². The minimum Gasteiger partial charge on any atom is -0.365 e. The van der Waals surface area contributed by atoms with Crippen molar-refractivity contribution in [1.29, 1.82) is 0 Å². The summed E-state index contributed by atoms with van der Waals surface area (Å²) in [6.07, 6.45) is -3.56. The zero-order valence-electron chi connectivity index (χ0n) is 12.4. The Morgan fingerprint density at radius 2 is 2.05 bits per heavy atom. The summed E-state index contributed by atoms with van der Waals surface area (Å²) >= 11 is 5.70. The average molecular weight is 321 g/mol. The van der Waals surface area contributed by atoms with Crippen LogP contribution in [0.3, 0.4) is 0 Å². The molecule has 1 aromatic rings. The summed E-state index contributed by atoms with van der Waals surface area (Å²) < 4.78 is 39.0. The van der Waals surface area contributed by atoms with Gasteiger partial charge in [-0.3, -0.25) is 0 Å². The Hall–Kier alpha value is -0.940. The van der Waals surface area contributed by atoms with Crippen LogP contribution in [-0.4, -0.2) is 24.7 Å². The largest absolute Gasteiger partial charge is 0.417 e. The van der Waals surface area contributed by atoms with Gasteiger partial charge in [0.1, 0.15) is 0 Å². The van der Waals surface area contributed by atoms with Crippen LogP contribution < -0.4 is 10.2 Å². The molecule has 1 atom stereocenters. The van der Waals surface area contributed by atoms with E-state index in [1.165, 1.54) is 6.07 Å². The van der Waals surface area contributed by atoms with Gasteiger partial charge >= 0.3 is 6.18 Å². The molecule has 21 heavy (non-hydrogen) atoms. The van der Waals surface area contributed by atoms with Gasteiger partial charge in [-0.25, -0.2) is 0 Å². The third kappa shape index (κ3) is 3.64. The summed E-state index contributed by atoms with van der Waals surface area (Å²) in [6, 6.07) is 4.34. The molecule has 1 aliphatic rings. The molecule has 0 radical (unpaired) electrons. The maximum atomic E-state index is 13.0. The maximum Gasteiger partial charge on any atom is 0.417 e. The molecular formula is C15H20ClF3N2. The molecular weight excluding hydrogens is 301 g/mol. The van der Waals surface area contributed by atoms with E-state index in [0.717, 1.165) is 19.0 Å². The zero-order valence-corrected chi connectivity index (χ0v) is 13.1. The van der Waals surface area contributed by atoms with Crippen LogP contribution in [0.5, 0.6) is 0 Å². The van der Waals surface area contributed by atoms with Crippen molar-refractivity contribution in [2.45, 2.75) is 44.9 Å². The number of alkyl halides is 3. The van der Waals surface area contributed by atoms with Crippen LogP contribution in [0.25, 0.3) is 0 Å². The second kappa shape index (κ2) is 5.69. The normalized spacial score (nSPS) is 22.4. The Morgan fingerprint density at radius 1 is 1.38 bits per heavy atom. The fraction of sp³-hybridized carbons (Fsp3) is 0.600. The second-order valence-electron chi connectivity index (χ2n) is 6.12. The number of halogens is 4. The topological polar surface area (TPSA) is 15.3 Å². The van der Waals surface area contributed by atoms with E-state index in [1.54, 1.807) is 6.07 Å². The quantitative estimate of drug-likeness (QED) is 0.872. The highest BCUT2D eigenvalue weighted by molar-refractivity contribution is 6.31. The first kappa shape index (κ1) is 16.4. The number of nitrogens with one attached hydrogen (secondary N) is 1. The van der Waals surface area contributed by atoms with Gasteiger partial charge < -0.3 is 10.2 Å². The summed E-state index contributed by atoms with van der Waals surface area (Å²) in [7, 11) is 0. The van der Waals surface area contributed by atoms with E-state index in [2.05, 4.69) is 5.32 Å². The molecule has 1 aromatic carbocycles. The Morgan fingerprint density at radius 3 is 2.62 bits per heavy atom. The van der Waals surface area contributed by atoms with Crippen molar-refractivity contribution in [3.05, 3.63) is 28.8 Å². The fourth-order valence-electron chi connectivity index (χ4n) is 2.69. The van der Waals surface area contributed by atoms with E-state index in [-0.39, 0.29) is 16.6 Å².